The Bertz CT molecular complexity index is 1360. The minimum absolute atomic E-state index is 0.0194. The van der Waals surface area contributed by atoms with Crippen molar-refractivity contribution in [3.05, 3.63) is 93.0 Å². The molecule has 6 nitrogen and oxygen atoms in total. The molecule has 3 aromatic rings. The van der Waals surface area contributed by atoms with Crippen molar-refractivity contribution in [2.45, 2.75) is 6.04 Å². The first-order valence-corrected chi connectivity index (χ1v) is 10.9. The lowest BCUT2D eigenvalue weighted by atomic mass is 9.94. The Balaban J connectivity index is 2.01. The van der Waals surface area contributed by atoms with Crippen LogP contribution in [0.2, 0.25) is 10.0 Å². The zero-order valence-electron chi connectivity index (χ0n) is 18.3. The summed E-state index contributed by atoms with van der Waals surface area (Å²) in [5.74, 6) is -3.66. The van der Waals surface area contributed by atoms with Gasteiger partial charge in [-0.3, -0.25) is 14.5 Å². The van der Waals surface area contributed by atoms with Gasteiger partial charge in [0.1, 0.15) is 22.4 Å². The summed E-state index contributed by atoms with van der Waals surface area (Å²) in [5, 5.41) is 11.3. The summed E-state index contributed by atoms with van der Waals surface area (Å²) in [4.78, 5) is 27.5. The van der Waals surface area contributed by atoms with E-state index < -0.39 is 35.1 Å². The second-order valence-electron chi connectivity index (χ2n) is 7.48. The van der Waals surface area contributed by atoms with E-state index in [0.29, 0.717) is 5.56 Å². The molecule has 0 spiro atoms. The van der Waals surface area contributed by atoms with E-state index in [1.165, 1.54) is 44.6 Å². The fraction of sp³-hybridized carbons (Fsp3) is 0.120. The highest BCUT2D eigenvalue weighted by Crippen LogP contribution is 2.48. The number of benzene rings is 3. The van der Waals surface area contributed by atoms with E-state index in [1.807, 2.05) is 0 Å². The molecule has 3 aromatic carbocycles. The van der Waals surface area contributed by atoms with Crippen molar-refractivity contribution in [1.29, 1.82) is 0 Å². The molecule has 1 atom stereocenters. The summed E-state index contributed by atoms with van der Waals surface area (Å²) in [7, 11) is 2.63. The van der Waals surface area contributed by atoms with Crippen molar-refractivity contribution in [2.75, 3.05) is 19.1 Å². The predicted octanol–water partition coefficient (Wildman–Crippen LogP) is 5.92. The van der Waals surface area contributed by atoms with Gasteiger partial charge in [0, 0.05) is 5.69 Å². The maximum Gasteiger partial charge on any atom is 0.300 e. The summed E-state index contributed by atoms with van der Waals surface area (Å²) in [5.41, 5.74) is 0.134. The lowest BCUT2D eigenvalue weighted by Crippen LogP contribution is -2.29. The molecule has 1 N–H and O–H groups in total. The Morgan fingerprint density at radius 2 is 1.46 bits per heavy atom. The summed E-state index contributed by atoms with van der Waals surface area (Å²) in [6.07, 6.45) is 0. The number of amides is 1. The van der Waals surface area contributed by atoms with Gasteiger partial charge in [-0.2, -0.15) is 0 Å². The number of aliphatic hydroxyl groups is 1. The van der Waals surface area contributed by atoms with E-state index in [2.05, 4.69) is 0 Å². The Morgan fingerprint density at radius 1 is 0.914 bits per heavy atom. The van der Waals surface area contributed by atoms with Crippen LogP contribution in [-0.4, -0.2) is 31.0 Å². The number of aliphatic hydroxyl groups excluding tert-OH is 1. The van der Waals surface area contributed by atoms with Crippen LogP contribution in [0.25, 0.3) is 5.76 Å². The third-order valence-electron chi connectivity index (χ3n) is 5.53. The van der Waals surface area contributed by atoms with E-state index in [0.717, 1.165) is 29.2 Å². The molecule has 1 heterocycles. The summed E-state index contributed by atoms with van der Waals surface area (Å²) >= 11 is 12.6. The Labute approximate surface area is 208 Å². The van der Waals surface area contributed by atoms with E-state index >= 15 is 0 Å². The first kappa shape index (κ1) is 24.5. The minimum atomic E-state index is -1.18. The van der Waals surface area contributed by atoms with Crippen LogP contribution in [-0.2, 0) is 9.59 Å². The number of nitrogens with zero attached hydrogens (tertiary/aromatic N) is 1. The molecular weight excluding hydrogens is 503 g/mol. The molecule has 1 unspecified atom stereocenters. The molecule has 0 saturated carbocycles. The van der Waals surface area contributed by atoms with Crippen molar-refractivity contribution >= 4 is 46.3 Å². The van der Waals surface area contributed by atoms with E-state index in [1.54, 1.807) is 0 Å². The average molecular weight is 520 g/mol. The fourth-order valence-electron chi connectivity index (χ4n) is 3.95. The normalized spacial score (nSPS) is 17.1. The van der Waals surface area contributed by atoms with Gasteiger partial charge in [-0.05, 0) is 48.0 Å². The first-order chi connectivity index (χ1) is 16.7. The summed E-state index contributed by atoms with van der Waals surface area (Å²) < 4.78 is 37.7. The zero-order valence-corrected chi connectivity index (χ0v) is 19.8. The molecule has 1 fully saturated rings. The Kier molecular flexibility index (Phi) is 6.69. The molecule has 180 valence electrons. The SMILES string of the molecule is COc1c(Cl)cc(/C(O)=C2\C(=O)C(=O)N(c3ccc(F)cc3)C2c2ccc(F)cc2)c(OC)c1Cl. The molecule has 0 aromatic heterocycles. The largest absolute Gasteiger partial charge is 0.507 e. The maximum atomic E-state index is 13.7. The molecule has 1 saturated heterocycles. The third kappa shape index (κ3) is 4.19. The molecule has 0 bridgehead atoms. The molecule has 35 heavy (non-hydrogen) atoms. The van der Waals surface area contributed by atoms with Gasteiger partial charge in [0.2, 0.25) is 0 Å². The number of anilines is 1. The van der Waals surface area contributed by atoms with Crippen LogP contribution in [0, 0.1) is 11.6 Å². The minimum Gasteiger partial charge on any atom is -0.507 e. The number of Topliss-reactive ketones (excluding diaryl/α,β-unsaturated/α-hetero) is 1. The van der Waals surface area contributed by atoms with Gasteiger partial charge in [0.15, 0.2) is 11.5 Å². The number of ketones is 1. The van der Waals surface area contributed by atoms with E-state index in [9.17, 15) is 23.5 Å². The lowest BCUT2D eigenvalue weighted by Gasteiger charge is -2.25. The van der Waals surface area contributed by atoms with Gasteiger partial charge in [0.05, 0.1) is 36.4 Å². The van der Waals surface area contributed by atoms with Crippen molar-refractivity contribution in [2.24, 2.45) is 0 Å². The molecule has 1 aliphatic rings. The van der Waals surface area contributed by atoms with Gasteiger partial charge in [-0.25, -0.2) is 8.78 Å². The van der Waals surface area contributed by atoms with Gasteiger partial charge >= 0.3 is 0 Å². The van der Waals surface area contributed by atoms with Crippen LogP contribution in [0.5, 0.6) is 11.5 Å². The topological polar surface area (TPSA) is 76.1 Å². The van der Waals surface area contributed by atoms with Gasteiger partial charge in [-0.15, -0.1) is 0 Å². The molecule has 0 radical (unpaired) electrons. The third-order valence-corrected chi connectivity index (χ3v) is 6.15. The van der Waals surface area contributed by atoms with E-state index in [-0.39, 0.29) is 38.4 Å². The number of hydrogen-bond donors (Lipinski definition) is 1. The monoisotopic (exact) mass is 519 g/mol. The highest BCUT2D eigenvalue weighted by molar-refractivity contribution is 6.52. The first-order valence-electron chi connectivity index (χ1n) is 10.1. The number of hydrogen-bond acceptors (Lipinski definition) is 5. The highest BCUT2D eigenvalue weighted by Gasteiger charge is 2.47. The quantitative estimate of drug-likeness (QED) is 0.257. The standard InChI is InChI=1S/C25H17Cl2F2NO5/c1-34-23-16(11-17(26)24(35-2)19(23)27)21(31)18-20(12-3-5-13(28)6-4-12)30(25(33)22(18)32)15-9-7-14(29)8-10-15/h3-11,20,31H,1-2H3/b21-18+. The number of carbonyl (C=O) groups excluding carboxylic acids is 2. The van der Waals surface area contributed by atoms with Crippen molar-refractivity contribution < 1.29 is 33.0 Å². The molecule has 0 aliphatic carbocycles. The number of halogens is 4. The summed E-state index contributed by atoms with van der Waals surface area (Å²) in [6, 6.07) is 10.1. The highest BCUT2D eigenvalue weighted by atomic mass is 35.5. The van der Waals surface area contributed by atoms with Crippen molar-refractivity contribution in [3.8, 4) is 11.5 Å². The molecule has 1 amide bonds. The second kappa shape index (κ2) is 9.56. The van der Waals surface area contributed by atoms with Gasteiger partial charge in [0.25, 0.3) is 11.7 Å². The lowest BCUT2D eigenvalue weighted by molar-refractivity contribution is -0.132. The number of rotatable bonds is 5. The van der Waals surface area contributed by atoms with Crippen LogP contribution in [0.15, 0.2) is 60.2 Å². The van der Waals surface area contributed by atoms with Gasteiger partial charge in [-0.1, -0.05) is 35.3 Å². The zero-order chi connectivity index (χ0) is 25.4. The molecular formula is C25H17Cl2F2NO5. The van der Waals surface area contributed by atoms with E-state index in [4.69, 9.17) is 32.7 Å². The van der Waals surface area contributed by atoms with Crippen molar-refractivity contribution in [3.63, 3.8) is 0 Å². The number of ether oxygens (including phenoxy) is 2. The van der Waals surface area contributed by atoms with Crippen LogP contribution in [0.4, 0.5) is 14.5 Å². The maximum absolute atomic E-state index is 13.7. The fourth-order valence-corrected chi connectivity index (χ4v) is 4.64. The average Bonchev–Trinajstić information content (AvgIpc) is 3.10. The van der Waals surface area contributed by atoms with Crippen LogP contribution < -0.4 is 14.4 Å². The van der Waals surface area contributed by atoms with Crippen molar-refractivity contribution in [1.82, 2.24) is 0 Å². The number of carbonyl (C=O) groups is 2. The van der Waals surface area contributed by atoms with Gasteiger partial charge < -0.3 is 14.6 Å². The molecule has 4 rings (SSSR count). The second-order valence-corrected chi connectivity index (χ2v) is 8.27. The smallest absolute Gasteiger partial charge is 0.300 e. The van der Waals surface area contributed by atoms with Crippen LogP contribution in [0.3, 0.4) is 0 Å². The van der Waals surface area contributed by atoms with Crippen LogP contribution in [0.1, 0.15) is 17.2 Å². The molecule has 1 aliphatic heterocycles. The predicted molar refractivity (Wildman–Crippen MR) is 127 cm³/mol. The Morgan fingerprint density at radius 3 is 2.00 bits per heavy atom. The molecule has 10 heteroatoms. The Hall–Kier alpha value is -3.62. The van der Waals surface area contributed by atoms with Crippen LogP contribution >= 0.6 is 23.2 Å². The number of methoxy groups -OCH3 is 2. The summed E-state index contributed by atoms with van der Waals surface area (Å²) in [6.45, 7) is 0.